The summed E-state index contributed by atoms with van der Waals surface area (Å²) in [5.41, 5.74) is 3.31. The lowest BCUT2D eigenvalue weighted by Crippen LogP contribution is -2.46. The van der Waals surface area contributed by atoms with E-state index in [0.717, 1.165) is 16.9 Å². The van der Waals surface area contributed by atoms with E-state index in [9.17, 15) is 9.59 Å². The standard InChI is InChI=1S/C17H19N3O3/c1-10-5-3-4-6-15(10)20-11(2)14(9-18-20)16(21)19-13-7-12(8-13)17(22)23/h3-6,9,12-13H,7-8H2,1-2H3,(H,19,21)(H,22,23). The van der Waals surface area contributed by atoms with E-state index in [1.165, 1.54) is 0 Å². The quantitative estimate of drug-likeness (QED) is 0.905. The van der Waals surface area contributed by atoms with Crippen LogP contribution >= 0.6 is 0 Å². The predicted molar refractivity (Wildman–Crippen MR) is 84.7 cm³/mol. The lowest BCUT2D eigenvalue weighted by Gasteiger charge is -2.32. The summed E-state index contributed by atoms with van der Waals surface area (Å²) in [5.74, 6) is -1.33. The van der Waals surface area contributed by atoms with Crippen molar-refractivity contribution in [2.75, 3.05) is 0 Å². The number of hydrogen-bond acceptors (Lipinski definition) is 3. The number of carbonyl (C=O) groups excluding carboxylic acids is 1. The molecule has 1 saturated carbocycles. The number of rotatable bonds is 4. The Kier molecular flexibility index (Phi) is 3.90. The number of aromatic nitrogens is 2. The lowest BCUT2D eigenvalue weighted by molar-refractivity contribution is -0.145. The number of carboxylic acid groups (broad SMARTS) is 1. The van der Waals surface area contributed by atoms with Crippen LogP contribution in [0, 0.1) is 19.8 Å². The topological polar surface area (TPSA) is 84.2 Å². The molecular formula is C17H19N3O3. The molecule has 1 aliphatic rings. The first-order valence-corrected chi connectivity index (χ1v) is 7.61. The van der Waals surface area contributed by atoms with Gasteiger partial charge in [0.2, 0.25) is 0 Å². The summed E-state index contributed by atoms with van der Waals surface area (Å²) in [6.07, 6.45) is 2.54. The van der Waals surface area contributed by atoms with Crippen LogP contribution in [0.3, 0.4) is 0 Å². The molecule has 0 atom stereocenters. The fraction of sp³-hybridized carbons (Fsp3) is 0.353. The van der Waals surface area contributed by atoms with Crippen LogP contribution < -0.4 is 5.32 Å². The highest BCUT2D eigenvalue weighted by molar-refractivity contribution is 5.95. The second kappa shape index (κ2) is 5.87. The lowest BCUT2D eigenvalue weighted by atomic mass is 9.80. The molecule has 1 heterocycles. The molecule has 3 rings (SSSR count). The van der Waals surface area contributed by atoms with E-state index in [0.29, 0.717) is 18.4 Å². The highest BCUT2D eigenvalue weighted by atomic mass is 16.4. The minimum absolute atomic E-state index is 0.0650. The second-order valence-corrected chi connectivity index (χ2v) is 6.02. The molecule has 6 nitrogen and oxygen atoms in total. The predicted octanol–water partition coefficient (Wildman–Crippen LogP) is 2.08. The maximum atomic E-state index is 12.4. The van der Waals surface area contributed by atoms with Crippen molar-refractivity contribution in [2.45, 2.75) is 32.7 Å². The van der Waals surface area contributed by atoms with Crippen molar-refractivity contribution in [3.05, 3.63) is 47.3 Å². The van der Waals surface area contributed by atoms with Gasteiger partial charge in [-0.3, -0.25) is 9.59 Å². The van der Waals surface area contributed by atoms with Crippen LogP contribution in [-0.4, -0.2) is 32.8 Å². The van der Waals surface area contributed by atoms with Gasteiger partial charge in [-0.25, -0.2) is 4.68 Å². The molecular weight excluding hydrogens is 294 g/mol. The van der Waals surface area contributed by atoms with E-state index in [1.807, 2.05) is 38.1 Å². The van der Waals surface area contributed by atoms with Gasteiger partial charge in [-0.15, -0.1) is 0 Å². The second-order valence-electron chi connectivity index (χ2n) is 6.02. The third-order valence-electron chi connectivity index (χ3n) is 4.42. The van der Waals surface area contributed by atoms with Crippen LogP contribution in [0.1, 0.15) is 34.5 Å². The van der Waals surface area contributed by atoms with E-state index in [2.05, 4.69) is 10.4 Å². The van der Waals surface area contributed by atoms with E-state index in [-0.39, 0.29) is 17.9 Å². The summed E-state index contributed by atoms with van der Waals surface area (Å²) < 4.78 is 1.76. The van der Waals surface area contributed by atoms with Crippen molar-refractivity contribution in [2.24, 2.45) is 5.92 Å². The van der Waals surface area contributed by atoms with Crippen molar-refractivity contribution in [1.82, 2.24) is 15.1 Å². The molecule has 6 heteroatoms. The number of amides is 1. The van der Waals surface area contributed by atoms with Gasteiger partial charge in [-0.2, -0.15) is 5.10 Å². The molecule has 0 saturated heterocycles. The first kappa shape index (κ1) is 15.3. The van der Waals surface area contributed by atoms with Gasteiger partial charge < -0.3 is 10.4 Å². The molecule has 0 bridgehead atoms. The molecule has 1 fully saturated rings. The van der Waals surface area contributed by atoms with Gasteiger partial charge in [0.05, 0.1) is 29.1 Å². The molecule has 23 heavy (non-hydrogen) atoms. The molecule has 120 valence electrons. The van der Waals surface area contributed by atoms with Gasteiger partial charge in [0, 0.05) is 6.04 Å². The largest absolute Gasteiger partial charge is 0.481 e. The Morgan fingerprint density at radius 1 is 1.26 bits per heavy atom. The SMILES string of the molecule is Cc1ccccc1-n1ncc(C(=O)NC2CC(C(=O)O)C2)c1C. The minimum Gasteiger partial charge on any atom is -0.481 e. The van der Waals surface area contributed by atoms with Crippen LogP contribution in [-0.2, 0) is 4.79 Å². The van der Waals surface area contributed by atoms with E-state index >= 15 is 0 Å². The van der Waals surface area contributed by atoms with E-state index in [4.69, 9.17) is 5.11 Å². The Hall–Kier alpha value is -2.63. The Bertz CT molecular complexity index is 760. The summed E-state index contributed by atoms with van der Waals surface area (Å²) in [6, 6.07) is 7.78. The zero-order chi connectivity index (χ0) is 16.6. The Labute approximate surface area is 134 Å². The van der Waals surface area contributed by atoms with Crippen molar-refractivity contribution < 1.29 is 14.7 Å². The van der Waals surface area contributed by atoms with Crippen LogP contribution in [0.2, 0.25) is 0 Å². The van der Waals surface area contributed by atoms with Crippen molar-refractivity contribution in [1.29, 1.82) is 0 Å². The monoisotopic (exact) mass is 313 g/mol. The first-order chi connectivity index (χ1) is 11.0. The highest BCUT2D eigenvalue weighted by Crippen LogP contribution is 2.28. The van der Waals surface area contributed by atoms with Crippen LogP contribution in [0.15, 0.2) is 30.5 Å². The minimum atomic E-state index is -0.793. The van der Waals surface area contributed by atoms with Gasteiger partial charge in [0.25, 0.3) is 5.91 Å². The van der Waals surface area contributed by atoms with Crippen LogP contribution in [0.25, 0.3) is 5.69 Å². The zero-order valence-corrected chi connectivity index (χ0v) is 13.1. The number of nitrogens with one attached hydrogen (secondary N) is 1. The van der Waals surface area contributed by atoms with Crippen LogP contribution in [0.5, 0.6) is 0 Å². The number of hydrogen-bond donors (Lipinski definition) is 2. The average Bonchev–Trinajstić information content (AvgIpc) is 2.84. The molecule has 0 aliphatic heterocycles. The first-order valence-electron chi connectivity index (χ1n) is 7.61. The summed E-state index contributed by atoms with van der Waals surface area (Å²) >= 11 is 0. The molecule has 1 aromatic carbocycles. The number of carbonyl (C=O) groups is 2. The number of carboxylic acids is 1. The fourth-order valence-corrected chi connectivity index (χ4v) is 2.88. The zero-order valence-electron chi connectivity index (χ0n) is 13.1. The van der Waals surface area contributed by atoms with E-state index < -0.39 is 5.97 Å². The maximum Gasteiger partial charge on any atom is 0.306 e. The fourth-order valence-electron chi connectivity index (χ4n) is 2.88. The maximum absolute atomic E-state index is 12.4. The van der Waals surface area contributed by atoms with Crippen LogP contribution in [0.4, 0.5) is 0 Å². The summed E-state index contributed by atoms with van der Waals surface area (Å²) in [6.45, 7) is 3.85. The normalized spacial score (nSPS) is 19.9. The van der Waals surface area contributed by atoms with Crippen molar-refractivity contribution in [3.63, 3.8) is 0 Å². The van der Waals surface area contributed by atoms with E-state index in [1.54, 1.807) is 10.9 Å². The third kappa shape index (κ3) is 2.84. The number of nitrogens with zero attached hydrogens (tertiary/aromatic N) is 2. The summed E-state index contributed by atoms with van der Waals surface area (Å²) in [7, 11) is 0. The van der Waals surface area contributed by atoms with Gasteiger partial charge in [0.1, 0.15) is 0 Å². The van der Waals surface area contributed by atoms with Crippen molar-refractivity contribution >= 4 is 11.9 Å². The molecule has 2 N–H and O–H groups in total. The van der Waals surface area contributed by atoms with Gasteiger partial charge >= 0.3 is 5.97 Å². The Morgan fingerprint density at radius 2 is 1.96 bits per heavy atom. The number of para-hydroxylation sites is 1. The van der Waals surface area contributed by atoms with Gasteiger partial charge in [-0.1, -0.05) is 18.2 Å². The molecule has 0 unspecified atom stereocenters. The Morgan fingerprint density at radius 3 is 2.61 bits per heavy atom. The van der Waals surface area contributed by atoms with Gasteiger partial charge in [-0.05, 0) is 38.3 Å². The highest BCUT2D eigenvalue weighted by Gasteiger charge is 2.35. The molecule has 1 amide bonds. The number of aliphatic carboxylic acids is 1. The molecule has 0 radical (unpaired) electrons. The molecule has 1 aliphatic carbocycles. The summed E-state index contributed by atoms with van der Waals surface area (Å²) in [4.78, 5) is 23.2. The summed E-state index contributed by atoms with van der Waals surface area (Å²) in [5, 5.41) is 16.1. The average molecular weight is 313 g/mol. The number of benzene rings is 1. The number of aryl methyl sites for hydroxylation is 1. The Balaban J connectivity index is 1.74. The smallest absolute Gasteiger partial charge is 0.306 e. The van der Waals surface area contributed by atoms with Crippen molar-refractivity contribution in [3.8, 4) is 5.69 Å². The molecule has 0 spiro atoms. The third-order valence-corrected chi connectivity index (χ3v) is 4.42. The molecule has 1 aromatic heterocycles. The molecule has 2 aromatic rings. The van der Waals surface area contributed by atoms with Gasteiger partial charge in [0.15, 0.2) is 0 Å².